The lowest BCUT2D eigenvalue weighted by Crippen LogP contribution is -2.16. The maximum Gasteiger partial charge on any atom is 0.259 e. The van der Waals surface area contributed by atoms with Gasteiger partial charge in [0.15, 0.2) is 0 Å². The predicted octanol–water partition coefficient (Wildman–Crippen LogP) is 3.77. The molecule has 0 unspecified atom stereocenters. The van der Waals surface area contributed by atoms with E-state index in [-0.39, 0.29) is 5.91 Å². The maximum atomic E-state index is 12.4. The first-order chi connectivity index (χ1) is 10.1. The van der Waals surface area contributed by atoms with E-state index in [9.17, 15) is 4.79 Å². The van der Waals surface area contributed by atoms with Gasteiger partial charge in [-0.25, -0.2) is 4.98 Å². The van der Waals surface area contributed by atoms with Gasteiger partial charge in [-0.3, -0.25) is 4.79 Å². The van der Waals surface area contributed by atoms with E-state index in [0.717, 1.165) is 24.2 Å². The molecule has 0 fully saturated rings. The molecular weight excluding hydrogens is 262 g/mol. The lowest BCUT2D eigenvalue weighted by atomic mass is 10.1. The fourth-order valence-corrected chi connectivity index (χ4v) is 1.99. The number of hydrogen-bond acceptors (Lipinski definition) is 3. The zero-order valence-electron chi connectivity index (χ0n) is 12.7. The minimum atomic E-state index is -0.148. The molecule has 2 N–H and O–H groups in total. The third-order valence-corrected chi connectivity index (χ3v) is 3.36. The molecule has 110 valence electrons. The second kappa shape index (κ2) is 6.88. The van der Waals surface area contributed by atoms with Gasteiger partial charge < -0.3 is 10.6 Å². The minimum Gasteiger partial charge on any atom is -0.369 e. The van der Waals surface area contributed by atoms with Crippen molar-refractivity contribution in [1.82, 2.24) is 4.98 Å². The van der Waals surface area contributed by atoms with Crippen LogP contribution in [0.2, 0.25) is 0 Å². The van der Waals surface area contributed by atoms with Gasteiger partial charge in [-0.05, 0) is 55.7 Å². The van der Waals surface area contributed by atoms with Crippen molar-refractivity contribution >= 4 is 17.4 Å². The van der Waals surface area contributed by atoms with Crippen molar-refractivity contribution in [3.05, 3.63) is 53.2 Å². The highest BCUT2D eigenvalue weighted by Gasteiger charge is 2.12. The fourth-order valence-electron chi connectivity index (χ4n) is 1.99. The number of nitrogens with one attached hydrogen (secondary N) is 2. The minimum absolute atomic E-state index is 0.148. The van der Waals surface area contributed by atoms with Gasteiger partial charge in [0.25, 0.3) is 5.91 Å². The predicted molar refractivity (Wildman–Crippen MR) is 86.9 cm³/mol. The molecule has 1 aromatic heterocycles. The molecule has 1 aromatic carbocycles. The van der Waals surface area contributed by atoms with Crippen molar-refractivity contribution in [3.8, 4) is 0 Å². The van der Waals surface area contributed by atoms with Crippen LogP contribution in [0.1, 0.15) is 34.8 Å². The lowest BCUT2D eigenvalue weighted by molar-refractivity contribution is 0.102. The number of nitrogens with zero attached hydrogens (tertiary/aromatic N) is 1. The van der Waals surface area contributed by atoms with Crippen LogP contribution in [0.4, 0.5) is 11.5 Å². The number of anilines is 2. The standard InChI is InChI=1S/C17H21N3O/c1-4-9-18-16-15(6-5-10-19-16)17(21)20-14-8-7-12(2)13(3)11-14/h5-8,10-11H,4,9H2,1-3H3,(H,18,19)(H,20,21). The summed E-state index contributed by atoms with van der Waals surface area (Å²) in [6.07, 6.45) is 2.67. The highest BCUT2D eigenvalue weighted by atomic mass is 16.1. The molecule has 0 aliphatic carbocycles. The van der Waals surface area contributed by atoms with Crippen LogP contribution in [0.15, 0.2) is 36.5 Å². The van der Waals surface area contributed by atoms with Crippen molar-refractivity contribution in [2.24, 2.45) is 0 Å². The van der Waals surface area contributed by atoms with Gasteiger partial charge in [-0.15, -0.1) is 0 Å². The molecule has 0 aliphatic heterocycles. The molecule has 2 rings (SSSR count). The van der Waals surface area contributed by atoms with E-state index in [0.29, 0.717) is 11.4 Å². The average molecular weight is 283 g/mol. The van der Waals surface area contributed by atoms with E-state index in [1.54, 1.807) is 18.3 Å². The molecule has 2 aromatic rings. The number of amides is 1. The smallest absolute Gasteiger partial charge is 0.259 e. The molecular formula is C17H21N3O. The van der Waals surface area contributed by atoms with Crippen molar-refractivity contribution in [2.75, 3.05) is 17.2 Å². The Kier molecular flexibility index (Phi) is 4.93. The van der Waals surface area contributed by atoms with E-state index in [1.807, 2.05) is 25.1 Å². The SMILES string of the molecule is CCCNc1ncccc1C(=O)Nc1ccc(C)c(C)c1. The second-order valence-corrected chi connectivity index (χ2v) is 5.08. The summed E-state index contributed by atoms with van der Waals surface area (Å²) in [5.74, 6) is 0.477. The van der Waals surface area contributed by atoms with Crippen LogP contribution >= 0.6 is 0 Å². The third kappa shape index (κ3) is 3.81. The zero-order valence-corrected chi connectivity index (χ0v) is 12.7. The molecule has 4 heteroatoms. The maximum absolute atomic E-state index is 12.4. The summed E-state index contributed by atoms with van der Waals surface area (Å²) in [5, 5.41) is 6.10. The van der Waals surface area contributed by atoms with Crippen LogP contribution in [0.5, 0.6) is 0 Å². The molecule has 0 aliphatic rings. The number of pyridine rings is 1. The molecule has 0 bridgehead atoms. The first-order valence-electron chi connectivity index (χ1n) is 7.19. The largest absolute Gasteiger partial charge is 0.369 e. The number of carbonyl (C=O) groups is 1. The summed E-state index contributed by atoms with van der Waals surface area (Å²) in [5.41, 5.74) is 3.72. The summed E-state index contributed by atoms with van der Waals surface area (Å²) in [6, 6.07) is 9.44. The van der Waals surface area contributed by atoms with E-state index >= 15 is 0 Å². The van der Waals surface area contributed by atoms with Crippen molar-refractivity contribution < 1.29 is 4.79 Å². The lowest BCUT2D eigenvalue weighted by Gasteiger charge is -2.11. The fraction of sp³-hybridized carbons (Fsp3) is 0.294. The van der Waals surface area contributed by atoms with E-state index < -0.39 is 0 Å². The molecule has 0 radical (unpaired) electrons. The summed E-state index contributed by atoms with van der Waals surface area (Å²) in [6.45, 7) is 6.95. The van der Waals surface area contributed by atoms with Crippen LogP contribution in [-0.2, 0) is 0 Å². The van der Waals surface area contributed by atoms with Gasteiger partial charge in [0, 0.05) is 18.4 Å². The number of aromatic nitrogens is 1. The number of carbonyl (C=O) groups excluding carboxylic acids is 1. The quantitative estimate of drug-likeness (QED) is 0.878. The Hall–Kier alpha value is -2.36. The van der Waals surface area contributed by atoms with Crippen LogP contribution in [0.25, 0.3) is 0 Å². The van der Waals surface area contributed by atoms with Crippen LogP contribution in [0, 0.1) is 13.8 Å². The Morgan fingerprint density at radius 2 is 2.00 bits per heavy atom. The Morgan fingerprint density at radius 1 is 1.19 bits per heavy atom. The van der Waals surface area contributed by atoms with Crippen LogP contribution < -0.4 is 10.6 Å². The highest BCUT2D eigenvalue weighted by molar-refractivity contribution is 6.07. The second-order valence-electron chi connectivity index (χ2n) is 5.08. The summed E-state index contributed by atoms with van der Waals surface area (Å²) < 4.78 is 0. The van der Waals surface area contributed by atoms with Crippen LogP contribution in [0.3, 0.4) is 0 Å². The van der Waals surface area contributed by atoms with Gasteiger partial charge in [0.05, 0.1) is 5.56 Å². The molecule has 1 heterocycles. The monoisotopic (exact) mass is 283 g/mol. The molecule has 0 saturated heterocycles. The molecule has 21 heavy (non-hydrogen) atoms. The Bertz CT molecular complexity index is 638. The van der Waals surface area contributed by atoms with Gasteiger partial charge in [0.2, 0.25) is 0 Å². The molecule has 0 saturated carbocycles. The molecule has 0 atom stereocenters. The van der Waals surface area contributed by atoms with E-state index in [1.165, 1.54) is 5.56 Å². The zero-order chi connectivity index (χ0) is 15.2. The van der Waals surface area contributed by atoms with Gasteiger partial charge in [-0.2, -0.15) is 0 Å². The number of hydrogen-bond donors (Lipinski definition) is 2. The third-order valence-electron chi connectivity index (χ3n) is 3.36. The summed E-state index contributed by atoms with van der Waals surface area (Å²) in [4.78, 5) is 16.6. The van der Waals surface area contributed by atoms with E-state index in [4.69, 9.17) is 0 Å². The number of aryl methyl sites for hydroxylation is 2. The number of rotatable bonds is 5. The average Bonchev–Trinajstić information content (AvgIpc) is 2.49. The summed E-state index contributed by atoms with van der Waals surface area (Å²) >= 11 is 0. The van der Waals surface area contributed by atoms with E-state index in [2.05, 4.69) is 29.5 Å². The normalized spacial score (nSPS) is 10.2. The van der Waals surface area contributed by atoms with Gasteiger partial charge in [-0.1, -0.05) is 13.0 Å². The molecule has 4 nitrogen and oxygen atoms in total. The Labute approximate surface area is 125 Å². The van der Waals surface area contributed by atoms with Crippen molar-refractivity contribution in [3.63, 3.8) is 0 Å². The van der Waals surface area contributed by atoms with Gasteiger partial charge >= 0.3 is 0 Å². The first kappa shape index (κ1) is 15.0. The van der Waals surface area contributed by atoms with Crippen molar-refractivity contribution in [1.29, 1.82) is 0 Å². The highest BCUT2D eigenvalue weighted by Crippen LogP contribution is 2.17. The Balaban J connectivity index is 2.18. The number of benzene rings is 1. The first-order valence-corrected chi connectivity index (χ1v) is 7.19. The van der Waals surface area contributed by atoms with Crippen LogP contribution in [-0.4, -0.2) is 17.4 Å². The molecule has 0 spiro atoms. The van der Waals surface area contributed by atoms with Gasteiger partial charge in [0.1, 0.15) is 5.82 Å². The Morgan fingerprint density at radius 3 is 2.71 bits per heavy atom. The molecule has 1 amide bonds. The van der Waals surface area contributed by atoms with Crippen molar-refractivity contribution in [2.45, 2.75) is 27.2 Å². The summed E-state index contributed by atoms with van der Waals surface area (Å²) in [7, 11) is 0. The topological polar surface area (TPSA) is 54.0 Å².